The van der Waals surface area contributed by atoms with Crippen molar-refractivity contribution >= 4 is 17.2 Å². The lowest BCUT2D eigenvalue weighted by molar-refractivity contribution is -0.183. The molecule has 0 aromatic carbocycles. The number of hydrogen-bond acceptors (Lipinski definition) is 5. The maximum atomic E-state index is 12.3. The number of carbonyl (C=O) groups excluding carboxylic acids is 1. The van der Waals surface area contributed by atoms with Gasteiger partial charge < -0.3 is 14.4 Å². The van der Waals surface area contributed by atoms with Crippen molar-refractivity contribution in [3.8, 4) is 0 Å². The summed E-state index contributed by atoms with van der Waals surface area (Å²) in [6.45, 7) is 4.42. The fourth-order valence-corrected chi connectivity index (χ4v) is 3.10. The SMILES string of the molecule is Cc1nc(C(=O)N2CCCC3(C2)OCCO3)cs1. The van der Waals surface area contributed by atoms with E-state index in [-0.39, 0.29) is 5.91 Å². The van der Waals surface area contributed by atoms with Crippen LogP contribution < -0.4 is 0 Å². The number of aryl methyl sites for hydroxylation is 1. The average molecular weight is 268 g/mol. The highest BCUT2D eigenvalue weighted by Crippen LogP contribution is 2.30. The molecule has 1 aromatic heterocycles. The van der Waals surface area contributed by atoms with Crippen LogP contribution in [0.4, 0.5) is 0 Å². The third-order valence-corrected chi connectivity index (χ3v) is 4.13. The summed E-state index contributed by atoms with van der Waals surface area (Å²) in [4.78, 5) is 18.4. The van der Waals surface area contributed by atoms with E-state index >= 15 is 0 Å². The second kappa shape index (κ2) is 4.60. The summed E-state index contributed by atoms with van der Waals surface area (Å²) < 4.78 is 11.3. The lowest BCUT2D eigenvalue weighted by atomic mass is 10.0. The molecule has 18 heavy (non-hydrogen) atoms. The minimum absolute atomic E-state index is 0.0162. The van der Waals surface area contributed by atoms with Crippen molar-refractivity contribution in [2.24, 2.45) is 0 Å². The molecule has 2 aliphatic rings. The Morgan fingerprint density at radius 3 is 2.94 bits per heavy atom. The Balaban J connectivity index is 1.74. The van der Waals surface area contributed by atoms with E-state index in [2.05, 4.69) is 4.98 Å². The topological polar surface area (TPSA) is 51.7 Å². The quantitative estimate of drug-likeness (QED) is 0.773. The van der Waals surface area contributed by atoms with Gasteiger partial charge in [-0.1, -0.05) is 0 Å². The van der Waals surface area contributed by atoms with Gasteiger partial charge in [-0.15, -0.1) is 11.3 Å². The molecule has 2 fully saturated rings. The minimum Gasteiger partial charge on any atom is -0.346 e. The van der Waals surface area contributed by atoms with Gasteiger partial charge in [-0.3, -0.25) is 4.79 Å². The predicted octanol–water partition coefficient (Wildman–Crippen LogP) is 1.43. The Bertz CT molecular complexity index is 454. The van der Waals surface area contributed by atoms with Crippen LogP contribution in [0.5, 0.6) is 0 Å². The van der Waals surface area contributed by atoms with Gasteiger partial charge >= 0.3 is 0 Å². The Kier molecular flexibility index (Phi) is 3.09. The molecule has 3 heterocycles. The molecule has 0 bridgehead atoms. The van der Waals surface area contributed by atoms with Crippen LogP contribution >= 0.6 is 11.3 Å². The standard InChI is InChI=1S/C12H16N2O3S/c1-9-13-10(7-18-9)11(15)14-4-2-3-12(8-14)16-5-6-17-12/h7H,2-6,8H2,1H3. The molecule has 5 nitrogen and oxygen atoms in total. The van der Waals surface area contributed by atoms with Gasteiger partial charge in [0.15, 0.2) is 5.79 Å². The predicted molar refractivity (Wildman–Crippen MR) is 66.6 cm³/mol. The van der Waals surface area contributed by atoms with E-state index in [1.807, 2.05) is 12.3 Å². The monoisotopic (exact) mass is 268 g/mol. The van der Waals surface area contributed by atoms with Crippen molar-refractivity contribution in [1.82, 2.24) is 9.88 Å². The first-order chi connectivity index (χ1) is 8.69. The molecule has 3 rings (SSSR count). The normalized spacial score (nSPS) is 22.6. The van der Waals surface area contributed by atoms with Crippen molar-refractivity contribution in [1.29, 1.82) is 0 Å². The van der Waals surface area contributed by atoms with Crippen LogP contribution in [-0.2, 0) is 9.47 Å². The van der Waals surface area contributed by atoms with Gasteiger partial charge in [-0.25, -0.2) is 4.98 Å². The maximum Gasteiger partial charge on any atom is 0.273 e. The molecule has 1 aromatic rings. The summed E-state index contributed by atoms with van der Waals surface area (Å²) in [5.74, 6) is -0.573. The van der Waals surface area contributed by atoms with Crippen LogP contribution in [0.15, 0.2) is 5.38 Å². The summed E-state index contributed by atoms with van der Waals surface area (Å²) in [5, 5.41) is 2.73. The first-order valence-corrected chi connectivity index (χ1v) is 7.06. The zero-order valence-electron chi connectivity index (χ0n) is 10.3. The summed E-state index contributed by atoms with van der Waals surface area (Å²) >= 11 is 1.50. The first kappa shape index (κ1) is 12.1. The van der Waals surface area contributed by atoms with Crippen molar-refractivity contribution in [3.63, 3.8) is 0 Å². The number of amides is 1. The summed E-state index contributed by atoms with van der Waals surface area (Å²) in [7, 11) is 0. The molecular weight excluding hydrogens is 252 g/mol. The van der Waals surface area contributed by atoms with E-state index in [0.29, 0.717) is 25.5 Å². The van der Waals surface area contributed by atoms with E-state index < -0.39 is 5.79 Å². The van der Waals surface area contributed by atoms with Crippen LogP contribution in [0, 0.1) is 6.92 Å². The van der Waals surface area contributed by atoms with E-state index in [1.54, 1.807) is 4.90 Å². The molecule has 6 heteroatoms. The zero-order valence-corrected chi connectivity index (χ0v) is 11.2. The van der Waals surface area contributed by atoms with Crippen LogP contribution in [-0.4, -0.2) is 47.9 Å². The molecule has 1 amide bonds. The maximum absolute atomic E-state index is 12.3. The number of aromatic nitrogens is 1. The number of thiazole rings is 1. The number of rotatable bonds is 1. The molecule has 2 saturated heterocycles. The minimum atomic E-state index is -0.557. The highest BCUT2D eigenvalue weighted by atomic mass is 32.1. The number of carbonyl (C=O) groups is 1. The van der Waals surface area contributed by atoms with Crippen LogP contribution in [0.3, 0.4) is 0 Å². The van der Waals surface area contributed by atoms with E-state index in [0.717, 1.165) is 24.4 Å². The molecule has 0 unspecified atom stereocenters. The van der Waals surface area contributed by atoms with Gasteiger partial charge in [-0.2, -0.15) is 0 Å². The van der Waals surface area contributed by atoms with Crippen LogP contribution in [0.2, 0.25) is 0 Å². The number of likely N-dealkylation sites (tertiary alicyclic amines) is 1. The van der Waals surface area contributed by atoms with Crippen molar-refractivity contribution < 1.29 is 14.3 Å². The number of piperidine rings is 1. The van der Waals surface area contributed by atoms with Gasteiger partial charge in [0.05, 0.1) is 24.8 Å². The molecular formula is C12H16N2O3S. The number of hydrogen-bond donors (Lipinski definition) is 0. The van der Waals surface area contributed by atoms with Crippen LogP contribution in [0.1, 0.15) is 28.3 Å². The van der Waals surface area contributed by atoms with E-state index in [9.17, 15) is 4.79 Å². The van der Waals surface area contributed by atoms with Gasteiger partial charge in [0.2, 0.25) is 0 Å². The molecule has 0 saturated carbocycles. The molecule has 0 N–H and O–H groups in total. The van der Waals surface area contributed by atoms with Crippen molar-refractivity contribution in [2.75, 3.05) is 26.3 Å². The molecule has 98 valence electrons. The Hall–Kier alpha value is -0.980. The number of ether oxygens (including phenoxy) is 2. The molecule has 0 aliphatic carbocycles. The third-order valence-electron chi connectivity index (χ3n) is 3.36. The summed E-state index contributed by atoms with van der Waals surface area (Å²) in [6, 6.07) is 0. The molecule has 0 radical (unpaired) electrons. The highest BCUT2D eigenvalue weighted by Gasteiger charge is 2.42. The van der Waals surface area contributed by atoms with Crippen molar-refractivity contribution in [3.05, 3.63) is 16.1 Å². The highest BCUT2D eigenvalue weighted by molar-refractivity contribution is 7.09. The average Bonchev–Trinajstić information content (AvgIpc) is 2.98. The molecule has 2 aliphatic heterocycles. The van der Waals surface area contributed by atoms with Gasteiger partial charge in [-0.05, 0) is 13.3 Å². The second-order valence-electron chi connectivity index (χ2n) is 4.69. The lowest BCUT2D eigenvalue weighted by Gasteiger charge is -2.38. The molecule has 1 spiro atoms. The van der Waals surface area contributed by atoms with Crippen molar-refractivity contribution in [2.45, 2.75) is 25.6 Å². The first-order valence-electron chi connectivity index (χ1n) is 6.18. The third kappa shape index (κ3) is 2.15. The second-order valence-corrected chi connectivity index (χ2v) is 5.75. The molecule has 0 atom stereocenters. The van der Waals surface area contributed by atoms with E-state index in [1.165, 1.54) is 11.3 Å². The fraction of sp³-hybridized carbons (Fsp3) is 0.667. The largest absolute Gasteiger partial charge is 0.346 e. The van der Waals surface area contributed by atoms with Gasteiger partial charge in [0.1, 0.15) is 5.69 Å². The Morgan fingerprint density at radius 1 is 1.50 bits per heavy atom. The van der Waals surface area contributed by atoms with Gasteiger partial charge in [0, 0.05) is 18.3 Å². The number of nitrogens with zero attached hydrogens (tertiary/aromatic N) is 2. The summed E-state index contributed by atoms with van der Waals surface area (Å²) in [5.41, 5.74) is 0.535. The Labute approximate surface area is 110 Å². The van der Waals surface area contributed by atoms with Gasteiger partial charge in [0.25, 0.3) is 5.91 Å². The zero-order chi connectivity index (χ0) is 12.6. The summed E-state index contributed by atoms with van der Waals surface area (Å²) in [6.07, 6.45) is 1.78. The van der Waals surface area contributed by atoms with E-state index in [4.69, 9.17) is 9.47 Å². The van der Waals surface area contributed by atoms with Crippen LogP contribution in [0.25, 0.3) is 0 Å². The Morgan fingerprint density at radius 2 is 2.28 bits per heavy atom. The lowest BCUT2D eigenvalue weighted by Crippen LogP contribution is -2.51. The fourth-order valence-electron chi connectivity index (χ4n) is 2.52. The smallest absolute Gasteiger partial charge is 0.273 e.